The molecule has 0 saturated heterocycles. The van der Waals surface area contributed by atoms with E-state index < -0.39 is 0 Å². The van der Waals surface area contributed by atoms with E-state index in [2.05, 4.69) is 45.9 Å². The lowest BCUT2D eigenvalue weighted by molar-refractivity contribution is 0.260. The Labute approximate surface area is 96.9 Å². The second kappa shape index (κ2) is 9.97. The van der Waals surface area contributed by atoms with Crippen LogP contribution in [0.5, 0.6) is 0 Å². The lowest BCUT2D eigenvalue weighted by Crippen LogP contribution is -2.28. The predicted octanol–water partition coefficient (Wildman–Crippen LogP) is 4.12. The average molecular weight is 211 g/mol. The first kappa shape index (κ1) is 16.9. The Morgan fingerprint density at radius 2 is 1.73 bits per heavy atom. The number of hydrogen-bond donors (Lipinski definition) is 0. The van der Waals surface area contributed by atoms with Crippen molar-refractivity contribution >= 4 is 0 Å². The monoisotopic (exact) mass is 211 g/mol. The van der Waals surface area contributed by atoms with E-state index in [1.165, 1.54) is 6.42 Å². The van der Waals surface area contributed by atoms with E-state index in [1.807, 2.05) is 19.9 Å². The molecule has 0 bridgehead atoms. The van der Waals surface area contributed by atoms with Crippen LogP contribution in [0.1, 0.15) is 41.0 Å². The molecule has 15 heavy (non-hydrogen) atoms. The summed E-state index contributed by atoms with van der Waals surface area (Å²) in [5.41, 5.74) is 1.15. The van der Waals surface area contributed by atoms with Crippen LogP contribution in [0.2, 0.25) is 0 Å². The third-order valence-corrected chi connectivity index (χ3v) is 2.69. The normalized spacial score (nSPS) is 12.0. The van der Waals surface area contributed by atoms with Crippen molar-refractivity contribution in [3.63, 3.8) is 0 Å². The number of rotatable bonds is 6. The summed E-state index contributed by atoms with van der Waals surface area (Å²) in [5.74, 6) is 0.554. The summed E-state index contributed by atoms with van der Waals surface area (Å²) in [7, 11) is 2.16. The van der Waals surface area contributed by atoms with Crippen LogP contribution >= 0.6 is 0 Å². The number of allylic oxidation sites excluding steroid dienone is 2. The van der Waals surface area contributed by atoms with Crippen LogP contribution in [0.15, 0.2) is 24.8 Å². The summed E-state index contributed by atoms with van der Waals surface area (Å²) in [4.78, 5) is 2.35. The molecule has 0 rings (SSSR count). The van der Waals surface area contributed by atoms with Crippen LogP contribution in [0.3, 0.4) is 0 Å². The molecule has 1 nitrogen and oxygen atoms in total. The van der Waals surface area contributed by atoms with Gasteiger partial charge in [0.1, 0.15) is 0 Å². The fourth-order valence-corrected chi connectivity index (χ4v) is 1.04. The molecule has 0 amide bonds. The maximum atomic E-state index is 3.96. The molecule has 1 atom stereocenters. The SMILES string of the molecule is C=CC(=C)C(C)CCN(C)C(C)C.CC. The van der Waals surface area contributed by atoms with Crippen molar-refractivity contribution in [2.24, 2.45) is 5.92 Å². The van der Waals surface area contributed by atoms with Crippen LogP contribution < -0.4 is 0 Å². The fraction of sp³-hybridized carbons (Fsp3) is 0.714. The Kier molecular flexibility index (Phi) is 11.2. The third kappa shape index (κ3) is 8.44. The molecule has 0 aliphatic carbocycles. The Morgan fingerprint density at radius 3 is 2.07 bits per heavy atom. The van der Waals surface area contributed by atoms with Crippen molar-refractivity contribution < 1.29 is 0 Å². The van der Waals surface area contributed by atoms with Crippen molar-refractivity contribution in [1.29, 1.82) is 0 Å². The number of nitrogens with zero attached hydrogens (tertiary/aromatic N) is 1. The van der Waals surface area contributed by atoms with Gasteiger partial charge in [-0.3, -0.25) is 0 Å². The molecule has 0 fully saturated rings. The van der Waals surface area contributed by atoms with Gasteiger partial charge in [0.2, 0.25) is 0 Å². The summed E-state index contributed by atoms with van der Waals surface area (Å²) in [6, 6.07) is 0.629. The van der Waals surface area contributed by atoms with Gasteiger partial charge in [0, 0.05) is 6.04 Å². The third-order valence-electron chi connectivity index (χ3n) is 2.69. The molecule has 0 saturated carbocycles. The highest BCUT2D eigenvalue weighted by Crippen LogP contribution is 2.14. The summed E-state index contributed by atoms with van der Waals surface area (Å²) in [6.07, 6.45) is 3.03. The Morgan fingerprint density at radius 1 is 1.27 bits per heavy atom. The van der Waals surface area contributed by atoms with Gasteiger partial charge in [-0.05, 0) is 39.8 Å². The molecule has 1 heteroatoms. The van der Waals surface area contributed by atoms with Crippen molar-refractivity contribution in [1.82, 2.24) is 4.90 Å². The topological polar surface area (TPSA) is 3.24 Å². The molecular weight excluding hydrogens is 182 g/mol. The van der Waals surface area contributed by atoms with Crippen LogP contribution in [0, 0.1) is 5.92 Å². The minimum absolute atomic E-state index is 0.554. The van der Waals surface area contributed by atoms with E-state index in [-0.39, 0.29) is 0 Å². The molecular formula is C14H29N. The highest BCUT2D eigenvalue weighted by Gasteiger charge is 2.07. The van der Waals surface area contributed by atoms with Crippen LogP contribution in [0.4, 0.5) is 0 Å². The van der Waals surface area contributed by atoms with Gasteiger partial charge in [-0.15, -0.1) is 0 Å². The van der Waals surface area contributed by atoms with Gasteiger partial charge in [-0.1, -0.05) is 45.6 Å². The van der Waals surface area contributed by atoms with Crippen molar-refractivity contribution in [3.8, 4) is 0 Å². The maximum absolute atomic E-state index is 3.96. The molecule has 0 radical (unpaired) electrons. The highest BCUT2D eigenvalue weighted by molar-refractivity contribution is 5.13. The van der Waals surface area contributed by atoms with E-state index in [4.69, 9.17) is 0 Å². The summed E-state index contributed by atoms with van der Waals surface area (Å²) < 4.78 is 0. The molecule has 0 aliphatic heterocycles. The van der Waals surface area contributed by atoms with Crippen LogP contribution in [-0.2, 0) is 0 Å². The van der Waals surface area contributed by atoms with Crippen molar-refractivity contribution in [3.05, 3.63) is 24.8 Å². The van der Waals surface area contributed by atoms with E-state index in [0.717, 1.165) is 12.1 Å². The van der Waals surface area contributed by atoms with Crippen LogP contribution in [0.25, 0.3) is 0 Å². The Bertz CT molecular complexity index is 170. The zero-order chi connectivity index (χ0) is 12.4. The molecule has 0 heterocycles. The lowest BCUT2D eigenvalue weighted by atomic mass is 9.99. The quantitative estimate of drug-likeness (QED) is 0.597. The molecule has 0 spiro atoms. The molecule has 1 unspecified atom stereocenters. The largest absolute Gasteiger partial charge is 0.304 e. The van der Waals surface area contributed by atoms with Crippen molar-refractivity contribution in [2.45, 2.75) is 47.1 Å². The maximum Gasteiger partial charge on any atom is 0.00355 e. The van der Waals surface area contributed by atoms with Gasteiger partial charge in [0.25, 0.3) is 0 Å². The van der Waals surface area contributed by atoms with E-state index in [0.29, 0.717) is 12.0 Å². The van der Waals surface area contributed by atoms with Gasteiger partial charge >= 0.3 is 0 Å². The summed E-state index contributed by atoms with van der Waals surface area (Å²) in [6.45, 7) is 19.5. The molecule has 0 N–H and O–H groups in total. The van der Waals surface area contributed by atoms with Gasteiger partial charge < -0.3 is 4.90 Å². The second-order valence-corrected chi connectivity index (χ2v) is 4.04. The first-order chi connectivity index (χ1) is 6.99. The van der Waals surface area contributed by atoms with Gasteiger partial charge in [0.15, 0.2) is 0 Å². The fourth-order valence-electron chi connectivity index (χ4n) is 1.04. The second-order valence-electron chi connectivity index (χ2n) is 4.04. The van der Waals surface area contributed by atoms with E-state index >= 15 is 0 Å². The molecule has 0 aliphatic rings. The lowest BCUT2D eigenvalue weighted by Gasteiger charge is -2.23. The first-order valence-corrected chi connectivity index (χ1v) is 6.00. The predicted molar refractivity (Wildman–Crippen MR) is 72.2 cm³/mol. The zero-order valence-electron chi connectivity index (χ0n) is 11.5. The molecule has 0 aromatic heterocycles. The summed E-state index contributed by atoms with van der Waals surface area (Å²) in [5, 5.41) is 0. The molecule has 0 aromatic rings. The summed E-state index contributed by atoms with van der Waals surface area (Å²) >= 11 is 0. The Balaban J connectivity index is 0. The molecule has 0 aromatic carbocycles. The smallest absolute Gasteiger partial charge is 0.00355 e. The number of hydrogen-bond acceptors (Lipinski definition) is 1. The van der Waals surface area contributed by atoms with Gasteiger partial charge in [0.05, 0.1) is 0 Å². The highest BCUT2D eigenvalue weighted by atomic mass is 15.1. The average Bonchev–Trinajstić information content (AvgIpc) is 2.26. The minimum atomic E-state index is 0.554. The van der Waals surface area contributed by atoms with Crippen molar-refractivity contribution in [2.75, 3.05) is 13.6 Å². The molecule has 90 valence electrons. The van der Waals surface area contributed by atoms with E-state index in [9.17, 15) is 0 Å². The standard InChI is InChI=1S/C12H23N.C2H6/c1-7-11(4)12(5)8-9-13(6)10(2)3;1-2/h7,10,12H,1,4,8-9H2,2-3,5-6H3;1-2H3. The van der Waals surface area contributed by atoms with Gasteiger partial charge in [-0.25, -0.2) is 0 Å². The minimum Gasteiger partial charge on any atom is -0.304 e. The van der Waals surface area contributed by atoms with Gasteiger partial charge in [-0.2, -0.15) is 0 Å². The first-order valence-electron chi connectivity index (χ1n) is 6.00. The Hall–Kier alpha value is -0.560. The zero-order valence-corrected chi connectivity index (χ0v) is 11.5. The van der Waals surface area contributed by atoms with E-state index in [1.54, 1.807) is 0 Å². The van der Waals surface area contributed by atoms with Crippen LogP contribution in [-0.4, -0.2) is 24.5 Å².